The van der Waals surface area contributed by atoms with Crippen LogP contribution in [-0.4, -0.2) is 35.6 Å². The number of thiophene rings is 1. The molecule has 1 N–H and O–H groups in total. The van der Waals surface area contributed by atoms with E-state index in [0.717, 1.165) is 6.54 Å². The van der Waals surface area contributed by atoms with Crippen LogP contribution in [0.25, 0.3) is 0 Å². The molecular weight excluding hydrogens is 252 g/mol. The van der Waals surface area contributed by atoms with Gasteiger partial charge in [-0.15, -0.1) is 11.3 Å². The van der Waals surface area contributed by atoms with Crippen LogP contribution in [0.4, 0.5) is 0 Å². The maximum absolute atomic E-state index is 3.77. The van der Waals surface area contributed by atoms with Crippen LogP contribution in [0.2, 0.25) is 0 Å². The molecule has 2 nitrogen and oxygen atoms in total. The lowest BCUT2D eigenvalue weighted by molar-refractivity contribution is 0.0181. The molecule has 3 heteroatoms. The average molecular weight is 280 g/mol. The molecule has 2 unspecified atom stereocenters. The van der Waals surface area contributed by atoms with Gasteiger partial charge in [0.1, 0.15) is 0 Å². The summed E-state index contributed by atoms with van der Waals surface area (Å²) in [4.78, 5) is 4.22. The van der Waals surface area contributed by atoms with E-state index in [0.29, 0.717) is 5.54 Å². The number of hydrogen-bond acceptors (Lipinski definition) is 3. The minimum Gasteiger partial charge on any atom is -0.308 e. The monoisotopic (exact) mass is 280 g/mol. The van der Waals surface area contributed by atoms with Crippen molar-refractivity contribution in [3.8, 4) is 0 Å². The Morgan fingerprint density at radius 2 is 2.11 bits per heavy atom. The Kier molecular flexibility index (Phi) is 4.70. The highest BCUT2D eigenvalue weighted by Gasteiger charge is 2.40. The van der Waals surface area contributed by atoms with Crippen molar-refractivity contribution in [3.05, 3.63) is 22.4 Å². The molecule has 1 aliphatic heterocycles. The highest BCUT2D eigenvalue weighted by atomic mass is 32.1. The summed E-state index contributed by atoms with van der Waals surface area (Å²) in [6, 6.07) is 4.42. The minimum absolute atomic E-state index is 0.282. The number of nitrogens with one attached hydrogen (secondary N) is 1. The zero-order valence-electron chi connectivity index (χ0n) is 12.8. The molecule has 0 spiro atoms. The van der Waals surface area contributed by atoms with Crippen molar-refractivity contribution < 1.29 is 0 Å². The fourth-order valence-electron chi connectivity index (χ4n) is 2.82. The lowest BCUT2D eigenvalue weighted by Gasteiger charge is -2.52. The Morgan fingerprint density at radius 1 is 1.32 bits per heavy atom. The first-order chi connectivity index (χ1) is 9.01. The maximum Gasteiger partial charge on any atom is 0.0304 e. The van der Waals surface area contributed by atoms with E-state index >= 15 is 0 Å². The second-order valence-electron chi connectivity index (χ2n) is 6.37. The van der Waals surface area contributed by atoms with Gasteiger partial charge in [0.05, 0.1) is 0 Å². The molecule has 2 heterocycles. The van der Waals surface area contributed by atoms with Crippen molar-refractivity contribution in [1.82, 2.24) is 10.2 Å². The lowest BCUT2D eigenvalue weighted by atomic mass is 9.85. The van der Waals surface area contributed by atoms with Crippen LogP contribution >= 0.6 is 11.3 Å². The SMILES string of the molecule is CCC1(C)CN(CCc2cccs2)C(C)(CC)CN1. The van der Waals surface area contributed by atoms with E-state index in [9.17, 15) is 0 Å². The number of nitrogens with zero attached hydrogens (tertiary/aromatic N) is 1. The summed E-state index contributed by atoms with van der Waals surface area (Å²) in [6.07, 6.45) is 3.60. The summed E-state index contributed by atoms with van der Waals surface area (Å²) in [5.74, 6) is 0. The molecule has 1 aromatic rings. The van der Waals surface area contributed by atoms with Gasteiger partial charge in [0, 0.05) is 35.6 Å². The summed E-state index contributed by atoms with van der Waals surface area (Å²) >= 11 is 1.88. The van der Waals surface area contributed by atoms with Crippen molar-refractivity contribution in [2.75, 3.05) is 19.6 Å². The van der Waals surface area contributed by atoms with Crippen LogP contribution in [0.15, 0.2) is 17.5 Å². The minimum atomic E-state index is 0.282. The van der Waals surface area contributed by atoms with Gasteiger partial charge in [-0.05, 0) is 44.6 Å². The Hall–Kier alpha value is -0.380. The predicted molar refractivity (Wildman–Crippen MR) is 85.0 cm³/mol. The molecule has 0 saturated carbocycles. The first kappa shape index (κ1) is 15.0. The second-order valence-corrected chi connectivity index (χ2v) is 7.40. The molecule has 1 aromatic heterocycles. The average Bonchev–Trinajstić information content (AvgIpc) is 2.93. The van der Waals surface area contributed by atoms with Gasteiger partial charge in [0.15, 0.2) is 0 Å². The molecule has 19 heavy (non-hydrogen) atoms. The summed E-state index contributed by atoms with van der Waals surface area (Å²) in [7, 11) is 0. The Labute approximate surface area is 122 Å². The smallest absolute Gasteiger partial charge is 0.0304 e. The molecule has 2 atom stereocenters. The zero-order chi connectivity index (χ0) is 13.9. The molecule has 2 rings (SSSR count). The predicted octanol–water partition coefficient (Wildman–Crippen LogP) is 3.53. The molecule has 0 bridgehead atoms. The van der Waals surface area contributed by atoms with Crippen molar-refractivity contribution in [2.24, 2.45) is 0 Å². The van der Waals surface area contributed by atoms with Gasteiger partial charge >= 0.3 is 0 Å². The molecule has 0 amide bonds. The number of hydrogen-bond donors (Lipinski definition) is 1. The van der Waals surface area contributed by atoms with E-state index in [2.05, 4.69) is 55.4 Å². The summed E-state index contributed by atoms with van der Waals surface area (Å²) in [5, 5.41) is 5.95. The van der Waals surface area contributed by atoms with Crippen LogP contribution in [0.5, 0.6) is 0 Å². The molecule has 0 radical (unpaired) electrons. The van der Waals surface area contributed by atoms with Crippen LogP contribution in [-0.2, 0) is 6.42 Å². The Morgan fingerprint density at radius 3 is 2.68 bits per heavy atom. The summed E-state index contributed by atoms with van der Waals surface area (Å²) in [6.45, 7) is 12.8. The highest BCUT2D eigenvalue weighted by Crippen LogP contribution is 2.28. The van der Waals surface area contributed by atoms with Crippen LogP contribution in [0.3, 0.4) is 0 Å². The third-order valence-corrected chi connectivity index (χ3v) is 5.89. The van der Waals surface area contributed by atoms with Crippen molar-refractivity contribution in [3.63, 3.8) is 0 Å². The first-order valence-corrected chi connectivity index (χ1v) is 8.42. The Balaban J connectivity index is 2.03. The molecule has 108 valence electrons. The number of rotatable bonds is 5. The summed E-state index contributed by atoms with van der Waals surface area (Å²) in [5.41, 5.74) is 0.593. The fourth-order valence-corrected chi connectivity index (χ4v) is 3.52. The zero-order valence-corrected chi connectivity index (χ0v) is 13.6. The lowest BCUT2D eigenvalue weighted by Crippen LogP contribution is -2.68. The quantitative estimate of drug-likeness (QED) is 0.887. The van der Waals surface area contributed by atoms with Crippen LogP contribution in [0.1, 0.15) is 45.4 Å². The van der Waals surface area contributed by atoms with E-state index in [1.807, 2.05) is 11.3 Å². The molecule has 1 saturated heterocycles. The van der Waals surface area contributed by atoms with Gasteiger partial charge in [-0.1, -0.05) is 19.9 Å². The molecule has 1 fully saturated rings. The first-order valence-electron chi connectivity index (χ1n) is 7.54. The van der Waals surface area contributed by atoms with Gasteiger partial charge in [-0.25, -0.2) is 0 Å². The van der Waals surface area contributed by atoms with Crippen LogP contribution < -0.4 is 5.32 Å². The van der Waals surface area contributed by atoms with Crippen molar-refractivity contribution >= 4 is 11.3 Å². The number of piperazine rings is 1. The van der Waals surface area contributed by atoms with Gasteiger partial charge in [-0.3, -0.25) is 4.90 Å². The third kappa shape index (κ3) is 3.39. The van der Waals surface area contributed by atoms with E-state index in [1.165, 1.54) is 37.2 Å². The standard InChI is InChI=1S/C16H28N2S/c1-5-15(3)13-18(16(4,6-2)12-17-15)10-9-14-8-7-11-19-14/h7-8,11,17H,5-6,9-10,12-13H2,1-4H3. The normalized spacial score (nSPS) is 32.6. The van der Waals surface area contributed by atoms with E-state index < -0.39 is 0 Å². The third-order valence-electron chi connectivity index (χ3n) is 4.95. The second kappa shape index (κ2) is 5.94. The van der Waals surface area contributed by atoms with E-state index in [-0.39, 0.29) is 5.54 Å². The molecule has 0 aliphatic carbocycles. The fraction of sp³-hybridized carbons (Fsp3) is 0.750. The molecule has 1 aliphatic rings. The van der Waals surface area contributed by atoms with Crippen molar-refractivity contribution in [1.29, 1.82) is 0 Å². The van der Waals surface area contributed by atoms with Gasteiger partial charge < -0.3 is 5.32 Å². The highest BCUT2D eigenvalue weighted by molar-refractivity contribution is 7.09. The van der Waals surface area contributed by atoms with Crippen molar-refractivity contribution in [2.45, 2.75) is 58.0 Å². The van der Waals surface area contributed by atoms with Gasteiger partial charge in [0.2, 0.25) is 0 Å². The Bertz CT molecular complexity index is 389. The summed E-state index contributed by atoms with van der Waals surface area (Å²) < 4.78 is 0. The van der Waals surface area contributed by atoms with Gasteiger partial charge in [-0.2, -0.15) is 0 Å². The molecule has 0 aromatic carbocycles. The maximum atomic E-state index is 3.77. The van der Waals surface area contributed by atoms with Crippen LogP contribution in [0, 0.1) is 0 Å². The van der Waals surface area contributed by atoms with E-state index in [4.69, 9.17) is 0 Å². The van der Waals surface area contributed by atoms with E-state index in [1.54, 1.807) is 0 Å². The topological polar surface area (TPSA) is 15.3 Å². The molecular formula is C16H28N2S. The van der Waals surface area contributed by atoms with Gasteiger partial charge in [0.25, 0.3) is 0 Å². The largest absolute Gasteiger partial charge is 0.308 e.